The van der Waals surface area contributed by atoms with E-state index in [9.17, 15) is 9.59 Å². The third kappa shape index (κ3) is 6.40. The summed E-state index contributed by atoms with van der Waals surface area (Å²) in [5, 5.41) is 6.71. The molecule has 0 aliphatic heterocycles. The zero-order valence-electron chi connectivity index (χ0n) is 17.2. The highest BCUT2D eigenvalue weighted by Crippen LogP contribution is 2.23. The second-order valence-corrected chi connectivity index (χ2v) is 6.50. The molecule has 2 amide bonds. The SMILES string of the molecule is COc1ccc(/C=N/NC(=O)c2ccncc2)cc1COc1ccc(NC(C)=O)cc1. The quantitative estimate of drug-likeness (QED) is 0.431. The van der Waals surface area contributed by atoms with Gasteiger partial charge < -0.3 is 14.8 Å². The summed E-state index contributed by atoms with van der Waals surface area (Å²) < 4.78 is 11.2. The van der Waals surface area contributed by atoms with Crippen molar-refractivity contribution in [2.75, 3.05) is 12.4 Å². The summed E-state index contributed by atoms with van der Waals surface area (Å²) in [7, 11) is 1.59. The third-order valence-electron chi connectivity index (χ3n) is 4.20. The molecule has 3 aromatic rings. The van der Waals surface area contributed by atoms with E-state index < -0.39 is 0 Å². The van der Waals surface area contributed by atoms with E-state index in [4.69, 9.17) is 9.47 Å². The van der Waals surface area contributed by atoms with Crippen molar-refractivity contribution in [3.05, 3.63) is 83.7 Å². The summed E-state index contributed by atoms with van der Waals surface area (Å²) >= 11 is 0. The predicted molar refractivity (Wildman–Crippen MR) is 117 cm³/mol. The molecule has 8 heteroatoms. The van der Waals surface area contributed by atoms with Crippen molar-refractivity contribution in [3.8, 4) is 11.5 Å². The van der Waals surface area contributed by atoms with Gasteiger partial charge in [0, 0.05) is 36.1 Å². The Labute approximate surface area is 179 Å². The largest absolute Gasteiger partial charge is 0.496 e. The van der Waals surface area contributed by atoms with Crippen LogP contribution in [-0.2, 0) is 11.4 Å². The Morgan fingerprint density at radius 2 is 1.81 bits per heavy atom. The van der Waals surface area contributed by atoms with Crippen LogP contribution in [0.3, 0.4) is 0 Å². The second kappa shape index (κ2) is 10.5. The molecule has 1 aromatic heterocycles. The molecule has 2 N–H and O–H groups in total. The number of ether oxygens (including phenoxy) is 2. The first-order valence-corrected chi connectivity index (χ1v) is 9.46. The van der Waals surface area contributed by atoms with Crippen LogP contribution in [-0.4, -0.2) is 30.1 Å². The molecule has 0 fully saturated rings. The maximum atomic E-state index is 12.0. The van der Waals surface area contributed by atoms with E-state index in [1.54, 1.807) is 62.1 Å². The summed E-state index contributed by atoms with van der Waals surface area (Å²) in [6.45, 7) is 1.73. The molecular formula is C23H22N4O4. The second-order valence-electron chi connectivity index (χ2n) is 6.50. The van der Waals surface area contributed by atoms with E-state index >= 15 is 0 Å². The molecular weight excluding hydrogens is 396 g/mol. The minimum absolute atomic E-state index is 0.131. The number of benzene rings is 2. The molecule has 0 aliphatic rings. The fraction of sp³-hybridized carbons (Fsp3) is 0.130. The van der Waals surface area contributed by atoms with Gasteiger partial charge in [-0.2, -0.15) is 5.10 Å². The Bertz CT molecular complexity index is 1070. The zero-order chi connectivity index (χ0) is 22.1. The molecule has 3 rings (SSSR count). The van der Waals surface area contributed by atoms with Crippen LogP contribution < -0.4 is 20.2 Å². The summed E-state index contributed by atoms with van der Waals surface area (Å²) in [4.78, 5) is 27.0. The lowest BCUT2D eigenvalue weighted by molar-refractivity contribution is -0.114. The van der Waals surface area contributed by atoms with Gasteiger partial charge in [-0.3, -0.25) is 14.6 Å². The number of pyridine rings is 1. The van der Waals surface area contributed by atoms with Gasteiger partial charge >= 0.3 is 0 Å². The molecule has 0 aliphatic carbocycles. The number of nitrogens with zero attached hydrogens (tertiary/aromatic N) is 2. The van der Waals surface area contributed by atoms with Crippen LogP contribution in [0.2, 0.25) is 0 Å². The van der Waals surface area contributed by atoms with Crippen molar-refractivity contribution in [1.29, 1.82) is 0 Å². The van der Waals surface area contributed by atoms with Crippen LogP contribution in [0.1, 0.15) is 28.4 Å². The first kappa shape index (κ1) is 21.5. The zero-order valence-corrected chi connectivity index (χ0v) is 17.2. The molecule has 0 spiro atoms. The highest BCUT2D eigenvalue weighted by molar-refractivity contribution is 5.94. The van der Waals surface area contributed by atoms with E-state index in [-0.39, 0.29) is 18.4 Å². The molecule has 1 heterocycles. The fourth-order valence-corrected chi connectivity index (χ4v) is 2.72. The topological polar surface area (TPSA) is 102 Å². The van der Waals surface area contributed by atoms with Crippen molar-refractivity contribution in [2.24, 2.45) is 5.10 Å². The number of aromatic nitrogens is 1. The van der Waals surface area contributed by atoms with Crippen molar-refractivity contribution in [3.63, 3.8) is 0 Å². The molecule has 0 saturated carbocycles. The number of hydrogen-bond donors (Lipinski definition) is 2. The molecule has 0 saturated heterocycles. The van der Waals surface area contributed by atoms with Gasteiger partial charge in [0.05, 0.1) is 13.3 Å². The third-order valence-corrected chi connectivity index (χ3v) is 4.20. The first-order chi connectivity index (χ1) is 15.0. The Kier molecular flexibility index (Phi) is 7.31. The number of hydrogen-bond acceptors (Lipinski definition) is 6. The molecule has 8 nitrogen and oxygen atoms in total. The summed E-state index contributed by atoms with van der Waals surface area (Å²) in [5.41, 5.74) is 5.24. The Morgan fingerprint density at radius 1 is 1.06 bits per heavy atom. The standard InChI is InChI=1S/C23H22N4O4/c1-16(28)26-20-4-6-21(7-5-20)31-15-19-13-17(3-8-22(19)30-2)14-25-27-23(29)18-9-11-24-12-10-18/h3-14H,15H2,1-2H3,(H,26,28)(H,27,29)/b25-14+. The van der Waals surface area contributed by atoms with Crippen LogP contribution in [0.15, 0.2) is 72.1 Å². The van der Waals surface area contributed by atoms with Gasteiger partial charge in [0.1, 0.15) is 18.1 Å². The molecule has 0 atom stereocenters. The van der Waals surface area contributed by atoms with Gasteiger partial charge in [-0.05, 0) is 60.2 Å². The number of methoxy groups -OCH3 is 1. The number of carbonyl (C=O) groups excluding carboxylic acids is 2. The highest BCUT2D eigenvalue weighted by atomic mass is 16.5. The minimum atomic E-state index is -0.321. The number of anilines is 1. The predicted octanol–water partition coefficient (Wildman–Crippen LogP) is 3.39. The summed E-state index contributed by atoms with van der Waals surface area (Å²) in [6.07, 6.45) is 4.63. The average molecular weight is 418 g/mol. The van der Waals surface area contributed by atoms with Crippen LogP contribution >= 0.6 is 0 Å². The van der Waals surface area contributed by atoms with Crippen molar-refractivity contribution in [2.45, 2.75) is 13.5 Å². The molecule has 0 radical (unpaired) electrons. The number of carbonyl (C=O) groups is 2. The van der Waals surface area contributed by atoms with E-state index in [1.165, 1.54) is 6.92 Å². The minimum Gasteiger partial charge on any atom is -0.496 e. The summed E-state index contributed by atoms with van der Waals surface area (Å²) in [5.74, 6) is 0.875. The smallest absolute Gasteiger partial charge is 0.271 e. The monoisotopic (exact) mass is 418 g/mol. The first-order valence-electron chi connectivity index (χ1n) is 9.46. The van der Waals surface area contributed by atoms with Crippen molar-refractivity contribution >= 4 is 23.7 Å². The molecule has 31 heavy (non-hydrogen) atoms. The number of rotatable bonds is 8. The number of hydrazone groups is 1. The van der Waals surface area contributed by atoms with Crippen LogP contribution in [0, 0.1) is 0 Å². The van der Waals surface area contributed by atoms with Gasteiger partial charge in [-0.15, -0.1) is 0 Å². The average Bonchev–Trinajstić information content (AvgIpc) is 2.79. The van der Waals surface area contributed by atoms with E-state index in [1.807, 2.05) is 18.2 Å². The van der Waals surface area contributed by atoms with Crippen LogP contribution in [0.4, 0.5) is 5.69 Å². The van der Waals surface area contributed by atoms with Gasteiger partial charge in [0.25, 0.3) is 5.91 Å². The maximum absolute atomic E-state index is 12.0. The summed E-state index contributed by atoms with van der Waals surface area (Å²) in [6, 6.07) is 15.8. The van der Waals surface area contributed by atoms with E-state index in [2.05, 4.69) is 20.8 Å². The highest BCUT2D eigenvalue weighted by Gasteiger charge is 2.07. The van der Waals surface area contributed by atoms with Gasteiger partial charge in [-0.25, -0.2) is 5.43 Å². The lowest BCUT2D eigenvalue weighted by Crippen LogP contribution is -2.17. The Balaban J connectivity index is 1.63. The molecule has 0 unspecified atom stereocenters. The van der Waals surface area contributed by atoms with Gasteiger partial charge in [0.2, 0.25) is 5.91 Å². The lowest BCUT2D eigenvalue weighted by atomic mass is 10.1. The van der Waals surface area contributed by atoms with Crippen LogP contribution in [0.25, 0.3) is 0 Å². The Morgan fingerprint density at radius 3 is 2.48 bits per heavy atom. The van der Waals surface area contributed by atoms with Gasteiger partial charge in [-0.1, -0.05) is 0 Å². The van der Waals surface area contributed by atoms with E-state index in [0.717, 1.165) is 11.1 Å². The van der Waals surface area contributed by atoms with Crippen molar-refractivity contribution in [1.82, 2.24) is 10.4 Å². The van der Waals surface area contributed by atoms with Crippen molar-refractivity contribution < 1.29 is 19.1 Å². The molecule has 158 valence electrons. The molecule has 2 aromatic carbocycles. The fourth-order valence-electron chi connectivity index (χ4n) is 2.72. The number of nitrogens with one attached hydrogen (secondary N) is 2. The maximum Gasteiger partial charge on any atom is 0.271 e. The normalized spacial score (nSPS) is 10.5. The van der Waals surface area contributed by atoms with Crippen LogP contribution in [0.5, 0.6) is 11.5 Å². The Hall–Kier alpha value is -4.20. The number of amides is 2. The molecule has 0 bridgehead atoms. The lowest BCUT2D eigenvalue weighted by Gasteiger charge is -2.11. The van der Waals surface area contributed by atoms with Gasteiger partial charge in [0.15, 0.2) is 0 Å². The van der Waals surface area contributed by atoms with E-state index in [0.29, 0.717) is 22.7 Å².